The fourth-order valence-corrected chi connectivity index (χ4v) is 4.40. The van der Waals surface area contributed by atoms with Crippen molar-refractivity contribution >= 4 is 21.6 Å². The predicted octanol–water partition coefficient (Wildman–Crippen LogP) is 3.02. The number of carbonyl (C=O) groups is 1. The van der Waals surface area contributed by atoms with E-state index in [1.54, 1.807) is 24.3 Å². The number of fused-ring (bicyclic) bond motifs is 1. The fraction of sp³-hybridized carbons (Fsp3) is 0.381. The van der Waals surface area contributed by atoms with Gasteiger partial charge in [-0.25, -0.2) is 8.42 Å². The molecule has 2 aromatic rings. The summed E-state index contributed by atoms with van der Waals surface area (Å²) in [6.07, 6.45) is 0.212. The molecule has 2 aromatic carbocycles. The zero-order valence-electron chi connectivity index (χ0n) is 16.8. The normalized spacial score (nSPS) is 17.5. The molecule has 0 saturated heterocycles. The lowest BCUT2D eigenvalue weighted by molar-refractivity contribution is -0.128. The molecule has 28 heavy (non-hydrogen) atoms. The van der Waals surface area contributed by atoms with Crippen LogP contribution in [0.3, 0.4) is 0 Å². The van der Waals surface area contributed by atoms with E-state index in [9.17, 15) is 13.2 Å². The van der Waals surface area contributed by atoms with Crippen molar-refractivity contribution in [1.82, 2.24) is 5.32 Å². The SMILES string of the molecule is Cc1cc(C)c([C@H](C)NC(=O)[C@H]2CN(S(C)(=O)=O)c3ccccc3O2)cc1C. The summed E-state index contributed by atoms with van der Waals surface area (Å²) in [4.78, 5) is 12.9. The third-order valence-electron chi connectivity index (χ3n) is 5.14. The molecular weight excluding hydrogens is 376 g/mol. The van der Waals surface area contributed by atoms with Crippen LogP contribution in [0.25, 0.3) is 0 Å². The Bertz CT molecular complexity index is 1020. The number of anilines is 1. The third-order valence-corrected chi connectivity index (χ3v) is 6.28. The van der Waals surface area contributed by atoms with Gasteiger partial charge in [-0.2, -0.15) is 0 Å². The number of sulfonamides is 1. The van der Waals surface area contributed by atoms with Crippen LogP contribution in [0, 0.1) is 20.8 Å². The van der Waals surface area contributed by atoms with Crippen LogP contribution in [-0.2, 0) is 14.8 Å². The number of ether oxygens (including phenoxy) is 1. The smallest absolute Gasteiger partial charge is 0.263 e. The van der Waals surface area contributed by atoms with Crippen molar-refractivity contribution in [2.24, 2.45) is 0 Å². The largest absolute Gasteiger partial charge is 0.476 e. The van der Waals surface area contributed by atoms with Crippen molar-refractivity contribution in [3.63, 3.8) is 0 Å². The number of carbonyl (C=O) groups excluding carboxylic acids is 1. The first-order valence-corrected chi connectivity index (χ1v) is 11.0. The van der Waals surface area contributed by atoms with E-state index >= 15 is 0 Å². The van der Waals surface area contributed by atoms with E-state index in [-0.39, 0.29) is 18.5 Å². The van der Waals surface area contributed by atoms with Crippen LogP contribution < -0.4 is 14.4 Å². The first kappa shape index (κ1) is 20.2. The Labute approximate surface area is 166 Å². The maximum atomic E-state index is 12.9. The van der Waals surface area contributed by atoms with Crippen LogP contribution in [0.5, 0.6) is 5.75 Å². The fourth-order valence-electron chi connectivity index (χ4n) is 3.49. The molecule has 1 N–H and O–H groups in total. The summed E-state index contributed by atoms with van der Waals surface area (Å²) < 4.78 is 31.5. The molecule has 3 rings (SSSR count). The van der Waals surface area contributed by atoms with E-state index in [4.69, 9.17) is 4.74 Å². The Morgan fingerprint density at radius 3 is 2.46 bits per heavy atom. The number of aryl methyl sites for hydroxylation is 3. The van der Waals surface area contributed by atoms with Gasteiger partial charge < -0.3 is 10.1 Å². The predicted molar refractivity (Wildman–Crippen MR) is 110 cm³/mol. The van der Waals surface area contributed by atoms with Gasteiger partial charge >= 0.3 is 0 Å². The highest BCUT2D eigenvalue weighted by Gasteiger charge is 2.35. The van der Waals surface area contributed by atoms with Gasteiger partial charge in [0, 0.05) is 0 Å². The lowest BCUT2D eigenvalue weighted by atomic mass is 9.96. The lowest BCUT2D eigenvalue weighted by Gasteiger charge is -2.34. The minimum atomic E-state index is -3.53. The van der Waals surface area contributed by atoms with E-state index < -0.39 is 16.1 Å². The standard InChI is InChI=1S/C21H26N2O4S/c1-13-10-15(3)17(11-14(13)2)16(4)22-21(24)20-12-23(28(5,25)26)18-8-6-7-9-19(18)27-20/h6-11,16,20H,12H2,1-5H3,(H,22,24)/t16-,20+/m0/s1. The van der Waals surface area contributed by atoms with Crippen molar-refractivity contribution in [2.75, 3.05) is 17.1 Å². The zero-order chi connectivity index (χ0) is 20.6. The van der Waals surface area contributed by atoms with Crippen molar-refractivity contribution in [2.45, 2.75) is 39.8 Å². The summed E-state index contributed by atoms with van der Waals surface area (Å²) in [5.41, 5.74) is 4.95. The van der Waals surface area contributed by atoms with Gasteiger partial charge in [0.05, 0.1) is 24.5 Å². The summed E-state index contributed by atoms with van der Waals surface area (Å²) in [7, 11) is -3.53. The molecule has 1 heterocycles. The van der Waals surface area contributed by atoms with Crippen LogP contribution in [0.1, 0.15) is 35.2 Å². The van der Waals surface area contributed by atoms with Gasteiger partial charge in [-0.1, -0.05) is 24.3 Å². The Kier molecular flexibility index (Phi) is 5.39. The molecule has 150 valence electrons. The van der Waals surface area contributed by atoms with Crippen molar-refractivity contribution in [1.29, 1.82) is 0 Å². The topological polar surface area (TPSA) is 75.7 Å². The molecule has 0 unspecified atom stereocenters. The molecule has 0 radical (unpaired) electrons. The molecule has 1 amide bonds. The summed E-state index contributed by atoms with van der Waals surface area (Å²) in [5, 5.41) is 2.97. The molecule has 0 saturated carbocycles. The number of amides is 1. The molecule has 0 bridgehead atoms. The van der Waals surface area contributed by atoms with Gasteiger partial charge in [-0.3, -0.25) is 9.10 Å². The molecular formula is C21H26N2O4S. The molecule has 0 spiro atoms. The van der Waals surface area contributed by atoms with Crippen LogP contribution in [0.15, 0.2) is 36.4 Å². The van der Waals surface area contributed by atoms with E-state index in [0.717, 1.165) is 22.9 Å². The number of para-hydroxylation sites is 2. The van der Waals surface area contributed by atoms with E-state index in [1.165, 1.54) is 9.87 Å². The average molecular weight is 403 g/mol. The molecule has 0 aliphatic carbocycles. The number of rotatable bonds is 4. The van der Waals surface area contributed by atoms with Crippen LogP contribution in [0.2, 0.25) is 0 Å². The van der Waals surface area contributed by atoms with Gasteiger partial charge in [0.1, 0.15) is 5.75 Å². The van der Waals surface area contributed by atoms with Crippen molar-refractivity contribution in [3.05, 3.63) is 58.7 Å². The molecule has 1 aliphatic heterocycles. The maximum Gasteiger partial charge on any atom is 0.263 e. The second-order valence-corrected chi connectivity index (χ2v) is 9.30. The molecule has 2 atom stereocenters. The van der Waals surface area contributed by atoms with Crippen molar-refractivity contribution < 1.29 is 17.9 Å². The number of hydrogen-bond acceptors (Lipinski definition) is 4. The average Bonchev–Trinajstić information content (AvgIpc) is 2.62. The van der Waals surface area contributed by atoms with Gasteiger partial charge in [0.25, 0.3) is 5.91 Å². The molecule has 0 fully saturated rings. The monoisotopic (exact) mass is 402 g/mol. The number of hydrogen-bond donors (Lipinski definition) is 1. The summed E-state index contributed by atoms with van der Waals surface area (Å²) in [6, 6.07) is 10.8. The Balaban J connectivity index is 1.83. The van der Waals surface area contributed by atoms with Gasteiger partial charge in [-0.15, -0.1) is 0 Å². The second-order valence-electron chi connectivity index (χ2n) is 7.39. The highest BCUT2D eigenvalue weighted by Crippen LogP contribution is 2.34. The van der Waals surface area contributed by atoms with Gasteiger partial charge in [-0.05, 0) is 62.1 Å². The number of benzene rings is 2. The first-order valence-electron chi connectivity index (χ1n) is 9.19. The quantitative estimate of drug-likeness (QED) is 0.853. The Morgan fingerprint density at radius 1 is 1.14 bits per heavy atom. The Hall–Kier alpha value is -2.54. The minimum Gasteiger partial charge on any atom is -0.476 e. The summed E-state index contributed by atoms with van der Waals surface area (Å²) in [6.45, 7) is 7.98. The van der Waals surface area contributed by atoms with Gasteiger partial charge in [0.2, 0.25) is 10.0 Å². The van der Waals surface area contributed by atoms with Crippen LogP contribution >= 0.6 is 0 Å². The molecule has 7 heteroatoms. The zero-order valence-corrected chi connectivity index (χ0v) is 17.6. The first-order chi connectivity index (χ1) is 13.1. The maximum absolute atomic E-state index is 12.9. The molecule has 1 aliphatic rings. The van der Waals surface area contributed by atoms with E-state index in [0.29, 0.717) is 11.4 Å². The molecule has 6 nitrogen and oxygen atoms in total. The minimum absolute atomic E-state index is 0.0553. The number of nitrogens with one attached hydrogen (secondary N) is 1. The van der Waals surface area contributed by atoms with E-state index in [1.807, 2.05) is 20.8 Å². The second kappa shape index (κ2) is 7.47. The van der Waals surface area contributed by atoms with Crippen LogP contribution in [-0.4, -0.2) is 33.2 Å². The third kappa shape index (κ3) is 3.99. The highest BCUT2D eigenvalue weighted by atomic mass is 32.2. The summed E-state index contributed by atoms with van der Waals surface area (Å²) in [5.74, 6) is 0.0441. The Morgan fingerprint density at radius 2 is 1.79 bits per heavy atom. The van der Waals surface area contributed by atoms with E-state index in [2.05, 4.69) is 24.4 Å². The highest BCUT2D eigenvalue weighted by molar-refractivity contribution is 7.92. The summed E-state index contributed by atoms with van der Waals surface area (Å²) >= 11 is 0. The lowest BCUT2D eigenvalue weighted by Crippen LogP contribution is -2.50. The molecule has 0 aromatic heterocycles. The van der Waals surface area contributed by atoms with Crippen molar-refractivity contribution in [3.8, 4) is 5.75 Å². The van der Waals surface area contributed by atoms with Crippen LogP contribution in [0.4, 0.5) is 5.69 Å². The number of nitrogens with zero attached hydrogens (tertiary/aromatic N) is 1. The van der Waals surface area contributed by atoms with Gasteiger partial charge in [0.15, 0.2) is 6.10 Å².